The molecule has 8 heteroatoms. The van der Waals surface area contributed by atoms with Crippen molar-refractivity contribution in [3.05, 3.63) is 0 Å². The van der Waals surface area contributed by atoms with Gasteiger partial charge in [-0.15, -0.1) is 19.5 Å². The number of rotatable bonds is 23. The minimum absolute atomic E-state index is 0. The maximum absolute atomic E-state index is 9.87. The Morgan fingerprint density at radius 1 is 0.579 bits per heavy atom. The summed E-state index contributed by atoms with van der Waals surface area (Å²) in [6.45, 7) is 13.4. The molecule has 2 atom stereocenters. The van der Waals surface area contributed by atoms with Crippen LogP contribution in [0.15, 0.2) is 0 Å². The molecule has 0 rings (SSSR count). The van der Waals surface area contributed by atoms with Crippen molar-refractivity contribution in [3.63, 3.8) is 0 Å². The highest BCUT2D eigenvalue weighted by molar-refractivity contribution is 7.75. The zero-order valence-corrected chi connectivity index (χ0v) is 29.5. The first-order valence-electron chi connectivity index (χ1n) is 15.5. The first kappa shape index (κ1) is 46.2. The predicted octanol–water partition coefficient (Wildman–Crippen LogP) is 5.21. The van der Waals surface area contributed by atoms with E-state index < -0.39 is 19.5 Å². The Kier molecular flexibility index (Phi) is 44.2. The lowest BCUT2D eigenvalue weighted by Gasteiger charge is -2.29. The molecule has 0 saturated heterocycles. The fourth-order valence-corrected chi connectivity index (χ4v) is 12.4. The van der Waals surface area contributed by atoms with Crippen molar-refractivity contribution in [2.24, 2.45) is 0 Å². The van der Waals surface area contributed by atoms with Crippen LogP contribution in [0.25, 0.3) is 0 Å². The van der Waals surface area contributed by atoms with Gasteiger partial charge < -0.3 is 32.8 Å². The minimum atomic E-state index is -1.03. The molecule has 0 radical (unpaired) electrons. The van der Waals surface area contributed by atoms with Crippen molar-refractivity contribution in [2.75, 3.05) is 62.2 Å². The van der Waals surface area contributed by atoms with Gasteiger partial charge in [0.2, 0.25) is 0 Å². The lowest BCUT2D eigenvalue weighted by molar-refractivity contribution is -0.0000124. The lowest BCUT2D eigenvalue weighted by Crippen LogP contribution is -3.00. The number of hydrogen-bond donors (Lipinski definition) is 4. The van der Waals surface area contributed by atoms with Gasteiger partial charge in [-0.1, -0.05) is 80.1 Å². The van der Waals surface area contributed by atoms with Crippen molar-refractivity contribution in [2.45, 2.75) is 131 Å². The third kappa shape index (κ3) is 31.8. The van der Waals surface area contributed by atoms with Gasteiger partial charge in [0.05, 0.1) is 49.8 Å². The molecule has 0 aromatic carbocycles. The van der Waals surface area contributed by atoms with Crippen LogP contribution in [-0.4, -0.2) is 94.9 Å². The molecule has 0 saturated carbocycles. The highest BCUT2D eigenvalue weighted by Crippen LogP contribution is 2.61. The molecule has 0 bridgehead atoms. The number of aliphatic hydroxyl groups is 4. The molecule has 0 heterocycles. The van der Waals surface area contributed by atoms with Crippen LogP contribution in [0.2, 0.25) is 0 Å². The second-order valence-corrected chi connectivity index (χ2v) is 17.9. The van der Waals surface area contributed by atoms with Crippen LogP contribution in [-0.2, 0) is 0 Å². The SMILES string of the molecule is CCCCP(CCCC)CCCC.CCCC[P+](CCCC)(CCCC)CC(O)CO.OCC(O)CCl.[Cl-]. The zero-order valence-electron chi connectivity index (χ0n) is 26.2. The van der Waals surface area contributed by atoms with E-state index in [0.29, 0.717) is 7.92 Å². The van der Waals surface area contributed by atoms with Gasteiger partial charge in [0, 0.05) is 7.26 Å². The molecule has 0 aromatic heterocycles. The van der Waals surface area contributed by atoms with E-state index >= 15 is 0 Å². The van der Waals surface area contributed by atoms with Crippen molar-refractivity contribution in [3.8, 4) is 0 Å². The first-order valence-corrected chi connectivity index (χ1v) is 20.5. The van der Waals surface area contributed by atoms with Crippen LogP contribution in [0.3, 0.4) is 0 Å². The van der Waals surface area contributed by atoms with Gasteiger partial charge in [0.25, 0.3) is 0 Å². The van der Waals surface area contributed by atoms with E-state index in [1.165, 1.54) is 95.5 Å². The van der Waals surface area contributed by atoms with Crippen LogP contribution in [0.1, 0.15) is 119 Å². The van der Waals surface area contributed by atoms with Crippen molar-refractivity contribution in [1.82, 2.24) is 0 Å². The largest absolute Gasteiger partial charge is 1.00 e. The molecular formula is C30H68Cl2O4P2. The molecule has 2 unspecified atom stereocenters. The van der Waals surface area contributed by atoms with E-state index in [1.807, 2.05) is 0 Å². The van der Waals surface area contributed by atoms with Gasteiger partial charge in [-0.2, -0.15) is 0 Å². The predicted molar refractivity (Wildman–Crippen MR) is 174 cm³/mol. The molecule has 0 aromatic rings. The molecule has 236 valence electrons. The average molecular weight is 626 g/mol. The Balaban J connectivity index is -0.000000253. The van der Waals surface area contributed by atoms with E-state index in [9.17, 15) is 5.11 Å². The minimum Gasteiger partial charge on any atom is -1.00 e. The third-order valence-electron chi connectivity index (χ3n) is 6.64. The number of hydrogen-bond acceptors (Lipinski definition) is 4. The second-order valence-electron chi connectivity index (χ2n) is 10.5. The quantitative estimate of drug-likeness (QED) is 0.0929. The van der Waals surface area contributed by atoms with Crippen molar-refractivity contribution >= 4 is 26.8 Å². The van der Waals surface area contributed by atoms with Gasteiger partial charge in [-0.05, 0) is 57.0 Å². The summed E-state index contributed by atoms with van der Waals surface area (Å²) in [5, 5.41) is 35.3. The summed E-state index contributed by atoms with van der Waals surface area (Å²) in [7, 11) is -0.607. The fraction of sp³-hybridized carbons (Fsp3) is 1.00. The Bertz CT molecular complexity index is 379. The van der Waals surface area contributed by atoms with E-state index in [-0.39, 0.29) is 31.5 Å². The summed E-state index contributed by atoms with van der Waals surface area (Å²) in [4.78, 5) is 0. The fourth-order valence-electron chi connectivity index (χ4n) is 4.12. The summed E-state index contributed by atoms with van der Waals surface area (Å²) in [6.07, 6.45) is 24.4. The Morgan fingerprint density at radius 2 is 0.895 bits per heavy atom. The van der Waals surface area contributed by atoms with Gasteiger partial charge >= 0.3 is 0 Å². The molecular weight excluding hydrogens is 557 g/mol. The average Bonchev–Trinajstić information content (AvgIpc) is 2.93. The van der Waals surface area contributed by atoms with Gasteiger partial charge in [0.15, 0.2) is 0 Å². The standard InChI is InChI=1S/C15H34O2P.C12H27P.C3H7ClO2.ClH/c1-4-7-10-18(11-8-5-2,12-9-6-3)14-15(17)13-16;1-4-7-10-13(11-8-5-2)12-9-6-3;4-1-3(6)2-5;/h15-17H,4-14H2,1-3H3;4-12H2,1-3H3;3,5-6H,1-2H2;1H/q+1;;;/p-1. The van der Waals surface area contributed by atoms with E-state index in [4.69, 9.17) is 26.9 Å². The molecule has 4 N–H and O–H groups in total. The number of alkyl halides is 1. The summed E-state index contributed by atoms with van der Waals surface area (Å²) < 4.78 is 0. The Hall–Kier alpha value is 1.28. The Labute approximate surface area is 252 Å². The van der Waals surface area contributed by atoms with E-state index in [2.05, 4.69) is 41.5 Å². The van der Waals surface area contributed by atoms with Crippen LogP contribution in [0.5, 0.6) is 0 Å². The molecule has 0 amide bonds. The van der Waals surface area contributed by atoms with Crippen molar-refractivity contribution < 1.29 is 32.8 Å². The van der Waals surface area contributed by atoms with Crippen LogP contribution < -0.4 is 12.4 Å². The molecule has 0 spiro atoms. The highest BCUT2D eigenvalue weighted by atomic mass is 35.5. The summed E-state index contributed by atoms with van der Waals surface area (Å²) in [5.41, 5.74) is 0. The number of halogens is 2. The van der Waals surface area contributed by atoms with Gasteiger partial charge in [0.1, 0.15) is 6.10 Å². The second kappa shape index (κ2) is 36.3. The van der Waals surface area contributed by atoms with Crippen molar-refractivity contribution in [1.29, 1.82) is 0 Å². The number of unbranched alkanes of at least 4 members (excludes halogenated alkanes) is 6. The first-order chi connectivity index (χ1) is 17.8. The van der Waals surface area contributed by atoms with Crippen LogP contribution in [0.4, 0.5) is 0 Å². The highest BCUT2D eigenvalue weighted by Gasteiger charge is 2.37. The van der Waals surface area contributed by atoms with E-state index in [0.717, 1.165) is 6.16 Å². The maximum atomic E-state index is 9.87. The van der Waals surface area contributed by atoms with Crippen LogP contribution in [0, 0.1) is 0 Å². The molecule has 0 fully saturated rings. The normalized spacial score (nSPS) is 12.6. The lowest BCUT2D eigenvalue weighted by atomic mass is 10.4. The molecule has 38 heavy (non-hydrogen) atoms. The Morgan fingerprint density at radius 3 is 1.11 bits per heavy atom. The summed E-state index contributed by atoms with van der Waals surface area (Å²) >= 11 is 5.04. The molecule has 0 aliphatic carbocycles. The maximum Gasteiger partial charge on any atom is 0.110 e. The smallest absolute Gasteiger partial charge is 0.110 e. The molecule has 0 aliphatic heterocycles. The summed E-state index contributed by atoms with van der Waals surface area (Å²) in [6, 6.07) is 0. The third-order valence-corrected chi connectivity index (χ3v) is 14.8. The number of aliphatic hydroxyl groups excluding tert-OH is 4. The molecule has 4 nitrogen and oxygen atoms in total. The van der Waals surface area contributed by atoms with Gasteiger partial charge in [-0.3, -0.25) is 0 Å². The van der Waals surface area contributed by atoms with E-state index in [1.54, 1.807) is 18.5 Å². The van der Waals surface area contributed by atoms with Crippen LogP contribution >= 0.6 is 26.8 Å². The zero-order chi connectivity index (χ0) is 28.8. The molecule has 0 aliphatic rings. The topological polar surface area (TPSA) is 80.9 Å². The van der Waals surface area contributed by atoms with Gasteiger partial charge in [-0.25, -0.2) is 0 Å². The summed E-state index contributed by atoms with van der Waals surface area (Å²) in [5.74, 6) is 0.108. The monoisotopic (exact) mass is 624 g/mol.